The molecule has 3 amide bonds. The molecule has 2 aromatic rings. The third-order valence-corrected chi connectivity index (χ3v) is 3.77. The Hall–Kier alpha value is -3.63. The predicted molar refractivity (Wildman–Crippen MR) is 98.2 cm³/mol. The van der Waals surface area contributed by atoms with Gasteiger partial charge < -0.3 is 14.6 Å². The van der Waals surface area contributed by atoms with Crippen molar-refractivity contribution in [1.29, 1.82) is 0 Å². The average Bonchev–Trinajstić information content (AvgIpc) is 2.67. The van der Waals surface area contributed by atoms with E-state index in [2.05, 4.69) is 5.32 Å². The van der Waals surface area contributed by atoms with E-state index in [9.17, 15) is 32.3 Å². The Balaban J connectivity index is 2.22. The zero-order valence-electron chi connectivity index (χ0n) is 15.7. The van der Waals surface area contributed by atoms with Crippen molar-refractivity contribution in [3.05, 3.63) is 70.1 Å². The molecule has 0 fully saturated rings. The first-order valence-electron chi connectivity index (χ1n) is 8.72. The number of hydrogen-bond acceptors (Lipinski definition) is 5. The fourth-order valence-corrected chi connectivity index (χ4v) is 2.41. The van der Waals surface area contributed by atoms with Crippen molar-refractivity contribution in [3.8, 4) is 0 Å². The number of urea groups is 1. The van der Waals surface area contributed by atoms with Crippen LogP contribution in [-0.4, -0.2) is 29.0 Å². The highest BCUT2D eigenvalue weighted by Crippen LogP contribution is 2.28. The molecule has 0 aliphatic heterocycles. The molecule has 1 aromatic heterocycles. The van der Waals surface area contributed by atoms with E-state index in [-0.39, 0.29) is 12.1 Å². The van der Waals surface area contributed by atoms with Crippen molar-refractivity contribution in [2.75, 3.05) is 6.54 Å². The molecule has 1 atom stereocenters. The van der Waals surface area contributed by atoms with Gasteiger partial charge in [0.05, 0.1) is 5.56 Å². The van der Waals surface area contributed by atoms with Crippen LogP contribution in [-0.2, 0) is 27.0 Å². The van der Waals surface area contributed by atoms with E-state index < -0.39 is 47.9 Å². The van der Waals surface area contributed by atoms with Crippen molar-refractivity contribution in [1.82, 2.24) is 15.2 Å². The summed E-state index contributed by atoms with van der Waals surface area (Å²) in [6.07, 6.45) is -5.78. The monoisotopic (exact) mass is 425 g/mol. The van der Waals surface area contributed by atoms with E-state index in [0.29, 0.717) is 22.9 Å². The summed E-state index contributed by atoms with van der Waals surface area (Å²) >= 11 is 0. The van der Waals surface area contributed by atoms with E-state index in [0.717, 1.165) is 0 Å². The van der Waals surface area contributed by atoms with Crippen LogP contribution < -0.4 is 16.2 Å². The van der Waals surface area contributed by atoms with Crippen LogP contribution in [0.5, 0.6) is 0 Å². The van der Waals surface area contributed by atoms with E-state index in [1.165, 1.54) is 12.1 Å². The first-order valence-corrected chi connectivity index (χ1v) is 8.72. The van der Waals surface area contributed by atoms with E-state index in [1.807, 2.05) is 5.32 Å². The van der Waals surface area contributed by atoms with Gasteiger partial charge in [-0.05, 0) is 13.0 Å². The van der Waals surface area contributed by atoms with Gasteiger partial charge in [-0.2, -0.15) is 13.2 Å². The number of imide groups is 1. The number of amides is 3. The minimum Gasteiger partial charge on any atom is -0.446 e. The van der Waals surface area contributed by atoms with Crippen molar-refractivity contribution in [2.24, 2.45) is 0 Å². The molecule has 0 bridgehead atoms. The highest BCUT2D eigenvalue weighted by molar-refractivity contribution is 5.97. The van der Waals surface area contributed by atoms with Gasteiger partial charge in [-0.25, -0.2) is 4.79 Å². The van der Waals surface area contributed by atoms with Gasteiger partial charge in [0.2, 0.25) is 6.10 Å². The maximum Gasteiger partial charge on any atom is 0.417 e. The largest absolute Gasteiger partial charge is 0.446 e. The molecule has 160 valence electrons. The summed E-state index contributed by atoms with van der Waals surface area (Å²) < 4.78 is 44.1. The summed E-state index contributed by atoms with van der Waals surface area (Å²) in [5.41, 5.74) is -1.75. The number of carbonyl (C=O) groups excluding carboxylic acids is 3. The number of carbonyl (C=O) groups is 3. The molecule has 11 heteroatoms. The van der Waals surface area contributed by atoms with Gasteiger partial charge in [0, 0.05) is 24.4 Å². The standard InChI is InChI=1S/C19H18F3N3O5/c1-2-23-18(29)24-17(28)16(12-6-4-3-5-7-12)30-15(27)11-25-10-13(19(20,21)22)8-9-14(25)26/h3-10,16H,2,11H2,1H3,(H2,23,24,28,29). The third-order valence-electron chi connectivity index (χ3n) is 3.77. The molecule has 2 N–H and O–H groups in total. The first kappa shape index (κ1) is 22.7. The summed E-state index contributed by atoms with van der Waals surface area (Å²) in [7, 11) is 0. The smallest absolute Gasteiger partial charge is 0.417 e. The molecule has 0 aliphatic carbocycles. The van der Waals surface area contributed by atoms with Crippen molar-refractivity contribution < 1.29 is 32.3 Å². The highest BCUT2D eigenvalue weighted by Gasteiger charge is 2.31. The second-order valence-electron chi connectivity index (χ2n) is 6.01. The van der Waals surface area contributed by atoms with Gasteiger partial charge in [0.25, 0.3) is 11.5 Å². The quantitative estimate of drug-likeness (QED) is 0.689. The summed E-state index contributed by atoms with van der Waals surface area (Å²) in [6, 6.07) is 8.15. The van der Waals surface area contributed by atoms with Crippen molar-refractivity contribution in [3.63, 3.8) is 0 Å². The van der Waals surface area contributed by atoms with Crippen LogP contribution in [0.3, 0.4) is 0 Å². The van der Waals surface area contributed by atoms with Crippen LogP contribution in [0.2, 0.25) is 0 Å². The molecule has 0 saturated heterocycles. The van der Waals surface area contributed by atoms with E-state index in [4.69, 9.17) is 4.74 Å². The molecule has 0 spiro atoms. The number of pyridine rings is 1. The zero-order chi connectivity index (χ0) is 22.3. The molecular formula is C19H18F3N3O5. The lowest BCUT2D eigenvalue weighted by Gasteiger charge is -2.18. The van der Waals surface area contributed by atoms with Crippen molar-refractivity contribution in [2.45, 2.75) is 25.7 Å². The number of nitrogens with one attached hydrogen (secondary N) is 2. The van der Waals surface area contributed by atoms with Crippen LogP contribution in [0.4, 0.5) is 18.0 Å². The first-order chi connectivity index (χ1) is 14.1. The number of aromatic nitrogens is 1. The predicted octanol–water partition coefficient (Wildman–Crippen LogP) is 2.00. The van der Waals surface area contributed by atoms with Crippen molar-refractivity contribution >= 4 is 17.9 Å². The Morgan fingerprint density at radius 2 is 1.77 bits per heavy atom. The highest BCUT2D eigenvalue weighted by atomic mass is 19.4. The minimum atomic E-state index is -4.71. The van der Waals surface area contributed by atoms with Gasteiger partial charge in [-0.3, -0.25) is 19.7 Å². The third kappa shape index (κ3) is 6.19. The number of benzene rings is 1. The summed E-state index contributed by atoms with van der Waals surface area (Å²) in [4.78, 5) is 48.1. The molecule has 0 aliphatic rings. The number of rotatable bonds is 6. The SMILES string of the molecule is CCNC(=O)NC(=O)C(OC(=O)Cn1cc(C(F)(F)F)ccc1=O)c1ccccc1. The van der Waals surface area contributed by atoms with Gasteiger partial charge in [-0.1, -0.05) is 30.3 Å². The number of ether oxygens (including phenoxy) is 1. The molecule has 8 nitrogen and oxygen atoms in total. The number of halogens is 3. The Bertz CT molecular complexity index is 973. The summed E-state index contributed by atoms with van der Waals surface area (Å²) in [6.45, 7) is 1.01. The number of nitrogens with zero attached hydrogens (tertiary/aromatic N) is 1. The van der Waals surface area contributed by atoms with Crippen LogP contribution >= 0.6 is 0 Å². The minimum absolute atomic E-state index is 0.226. The fraction of sp³-hybridized carbons (Fsp3) is 0.263. The molecule has 0 saturated carbocycles. The lowest BCUT2D eigenvalue weighted by atomic mass is 10.1. The number of alkyl halides is 3. The fourth-order valence-electron chi connectivity index (χ4n) is 2.41. The van der Waals surface area contributed by atoms with Crippen LogP contribution in [0, 0.1) is 0 Å². The lowest BCUT2D eigenvalue weighted by molar-refractivity contribution is -0.157. The molecule has 30 heavy (non-hydrogen) atoms. The molecule has 2 rings (SSSR count). The van der Waals surface area contributed by atoms with E-state index >= 15 is 0 Å². The number of esters is 1. The second kappa shape index (κ2) is 9.72. The van der Waals surface area contributed by atoms with E-state index in [1.54, 1.807) is 25.1 Å². The Labute approximate surface area is 168 Å². The molecule has 1 heterocycles. The average molecular weight is 425 g/mol. The Morgan fingerprint density at radius 3 is 2.37 bits per heavy atom. The Morgan fingerprint density at radius 1 is 1.10 bits per heavy atom. The van der Waals surface area contributed by atoms with Gasteiger partial charge in [0.15, 0.2) is 0 Å². The van der Waals surface area contributed by atoms with Gasteiger partial charge in [0.1, 0.15) is 6.54 Å². The maximum atomic E-state index is 12.8. The molecule has 1 unspecified atom stereocenters. The summed E-state index contributed by atoms with van der Waals surface area (Å²) in [5, 5.41) is 4.35. The van der Waals surface area contributed by atoms with Gasteiger partial charge in [-0.15, -0.1) is 0 Å². The normalized spacial score (nSPS) is 12.0. The lowest BCUT2D eigenvalue weighted by Crippen LogP contribution is -2.42. The van der Waals surface area contributed by atoms with Gasteiger partial charge >= 0.3 is 18.2 Å². The summed E-state index contributed by atoms with van der Waals surface area (Å²) in [5.74, 6) is -2.10. The second-order valence-corrected chi connectivity index (χ2v) is 6.01. The van der Waals surface area contributed by atoms with Crippen LogP contribution in [0.25, 0.3) is 0 Å². The topological polar surface area (TPSA) is 106 Å². The molecule has 1 aromatic carbocycles. The zero-order valence-corrected chi connectivity index (χ0v) is 15.7. The van der Waals surface area contributed by atoms with Crippen LogP contribution in [0.1, 0.15) is 24.2 Å². The Kier molecular flexibility index (Phi) is 7.34. The maximum absolute atomic E-state index is 12.8. The molecular weight excluding hydrogens is 407 g/mol. The number of hydrogen-bond donors (Lipinski definition) is 2. The molecule has 0 radical (unpaired) electrons. The van der Waals surface area contributed by atoms with Crippen LogP contribution in [0.15, 0.2) is 53.5 Å².